The summed E-state index contributed by atoms with van der Waals surface area (Å²) in [6.45, 7) is 5.64. The van der Waals surface area contributed by atoms with Crippen molar-refractivity contribution in [2.24, 2.45) is 0 Å². The van der Waals surface area contributed by atoms with Gasteiger partial charge in [0.05, 0.1) is 6.54 Å². The van der Waals surface area contributed by atoms with E-state index in [1.807, 2.05) is 13.8 Å². The summed E-state index contributed by atoms with van der Waals surface area (Å²) >= 11 is 0. The third-order valence-electron chi connectivity index (χ3n) is 1.56. The molecule has 0 N–H and O–H groups in total. The van der Waals surface area contributed by atoms with Crippen LogP contribution in [0.2, 0.25) is 0 Å². The van der Waals surface area contributed by atoms with Crippen LogP contribution in [-0.4, -0.2) is 37.1 Å². The van der Waals surface area contributed by atoms with Gasteiger partial charge in [0.15, 0.2) is 0 Å². The molecular weight excluding hydrogens is 166 g/mol. The summed E-state index contributed by atoms with van der Waals surface area (Å²) in [5.74, 6) is 2.43. The molecule has 0 unspecified atom stereocenters. The van der Waals surface area contributed by atoms with E-state index in [9.17, 15) is 4.79 Å². The van der Waals surface area contributed by atoms with Crippen molar-refractivity contribution >= 4 is 5.91 Å². The molecule has 3 nitrogen and oxygen atoms in total. The normalized spacial score (nSPS) is 9.31. The van der Waals surface area contributed by atoms with Gasteiger partial charge in [-0.05, 0) is 13.3 Å². The van der Waals surface area contributed by atoms with E-state index in [0.29, 0.717) is 19.7 Å². The van der Waals surface area contributed by atoms with Crippen LogP contribution < -0.4 is 0 Å². The number of carbonyl (C=O) groups excluding carboxylic acids is 1. The SMILES string of the molecule is C#CCN(CCC)C(=O)COCC. The lowest BCUT2D eigenvalue weighted by molar-refractivity contribution is -0.135. The topological polar surface area (TPSA) is 29.5 Å². The second kappa shape index (κ2) is 7.63. The molecule has 0 bridgehead atoms. The van der Waals surface area contributed by atoms with Gasteiger partial charge in [0, 0.05) is 13.2 Å². The van der Waals surface area contributed by atoms with Gasteiger partial charge in [-0.15, -0.1) is 6.42 Å². The minimum atomic E-state index is -0.0262. The monoisotopic (exact) mass is 183 g/mol. The van der Waals surface area contributed by atoms with Gasteiger partial charge >= 0.3 is 0 Å². The van der Waals surface area contributed by atoms with Gasteiger partial charge in [0.2, 0.25) is 5.91 Å². The van der Waals surface area contributed by atoms with E-state index in [4.69, 9.17) is 11.2 Å². The number of amides is 1. The van der Waals surface area contributed by atoms with Crippen molar-refractivity contribution in [2.45, 2.75) is 20.3 Å². The van der Waals surface area contributed by atoms with E-state index < -0.39 is 0 Å². The first-order valence-corrected chi connectivity index (χ1v) is 4.55. The van der Waals surface area contributed by atoms with Crippen LogP contribution in [0, 0.1) is 12.3 Å². The Kier molecular flexibility index (Phi) is 7.04. The summed E-state index contributed by atoms with van der Waals surface area (Å²) in [6, 6.07) is 0. The molecule has 0 saturated heterocycles. The Morgan fingerprint density at radius 2 is 2.23 bits per heavy atom. The second-order valence-electron chi connectivity index (χ2n) is 2.66. The molecule has 0 aromatic heterocycles. The van der Waals surface area contributed by atoms with E-state index in [1.54, 1.807) is 4.90 Å². The number of hydrogen-bond donors (Lipinski definition) is 0. The Balaban J connectivity index is 3.89. The standard InChI is InChI=1S/C10H17NO2/c1-4-7-11(8-5-2)10(12)9-13-6-3/h1H,5-9H2,2-3H3. The highest BCUT2D eigenvalue weighted by Crippen LogP contribution is 1.92. The highest BCUT2D eigenvalue weighted by Gasteiger charge is 2.10. The zero-order valence-corrected chi connectivity index (χ0v) is 8.38. The average Bonchev–Trinajstić information content (AvgIpc) is 2.14. The molecule has 0 spiro atoms. The van der Waals surface area contributed by atoms with Gasteiger partial charge in [0.25, 0.3) is 0 Å². The molecule has 0 aliphatic rings. The number of rotatable bonds is 6. The summed E-state index contributed by atoms with van der Waals surface area (Å²) in [5, 5.41) is 0. The van der Waals surface area contributed by atoms with Gasteiger partial charge < -0.3 is 9.64 Å². The molecule has 0 rings (SSSR count). The maximum atomic E-state index is 11.4. The van der Waals surface area contributed by atoms with Crippen molar-refractivity contribution in [3.05, 3.63) is 0 Å². The highest BCUT2D eigenvalue weighted by atomic mass is 16.5. The Morgan fingerprint density at radius 3 is 2.69 bits per heavy atom. The van der Waals surface area contributed by atoms with Gasteiger partial charge in [-0.25, -0.2) is 0 Å². The Hall–Kier alpha value is -1.01. The lowest BCUT2D eigenvalue weighted by Gasteiger charge is -2.18. The summed E-state index contributed by atoms with van der Waals surface area (Å²) in [6.07, 6.45) is 6.06. The fourth-order valence-corrected chi connectivity index (χ4v) is 0.953. The molecule has 0 heterocycles. The van der Waals surface area contributed by atoms with Crippen molar-refractivity contribution in [1.29, 1.82) is 0 Å². The molecule has 0 saturated carbocycles. The van der Waals surface area contributed by atoms with Crippen LogP contribution in [0.25, 0.3) is 0 Å². The van der Waals surface area contributed by atoms with E-state index in [1.165, 1.54) is 0 Å². The van der Waals surface area contributed by atoms with Crippen molar-refractivity contribution in [3.8, 4) is 12.3 Å². The lowest BCUT2D eigenvalue weighted by atomic mass is 10.4. The molecule has 1 amide bonds. The fraction of sp³-hybridized carbons (Fsp3) is 0.700. The number of hydrogen-bond acceptors (Lipinski definition) is 2. The predicted octanol–water partition coefficient (Wildman–Crippen LogP) is 0.895. The Labute approximate surface area is 80.1 Å². The molecule has 0 atom stereocenters. The quantitative estimate of drug-likeness (QED) is 0.572. The third-order valence-corrected chi connectivity index (χ3v) is 1.56. The van der Waals surface area contributed by atoms with Gasteiger partial charge in [0.1, 0.15) is 6.61 Å². The molecule has 0 aromatic carbocycles. The van der Waals surface area contributed by atoms with Crippen LogP contribution in [-0.2, 0) is 9.53 Å². The van der Waals surface area contributed by atoms with Crippen LogP contribution in [0.4, 0.5) is 0 Å². The van der Waals surface area contributed by atoms with Crippen LogP contribution in [0.5, 0.6) is 0 Å². The van der Waals surface area contributed by atoms with Crippen molar-refractivity contribution in [2.75, 3.05) is 26.3 Å². The number of nitrogens with zero attached hydrogens (tertiary/aromatic N) is 1. The largest absolute Gasteiger partial charge is 0.372 e. The van der Waals surface area contributed by atoms with E-state index in [2.05, 4.69) is 5.92 Å². The summed E-state index contributed by atoms with van der Waals surface area (Å²) < 4.78 is 5.01. The molecule has 0 aliphatic carbocycles. The number of ether oxygens (including phenoxy) is 1. The Morgan fingerprint density at radius 1 is 1.54 bits per heavy atom. The van der Waals surface area contributed by atoms with Crippen LogP contribution >= 0.6 is 0 Å². The van der Waals surface area contributed by atoms with E-state index >= 15 is 0 Å². The maximum absolute atomic E-state index is 11.4. The van der Waals surface area contributed by atoms with Crippen molar-refractivity contribution in [3.63, 3.8) is 0 Å². The predicted molar refractivity (Wildman–Crippen MR) is 52.2 cm³/mol. The van der Waals surface area contributed by atoms with Crippen molar-refractivity contribution < 1.29 is 9.53 Å². The van der Waals surface area contributed by atoms with E-state index in [0.717, 1.165) is 6.42 Å². The minimum absolute atomic E-state index is 0.0262. The molecule has 13 heavy (non-hydrogen) atoms. The summed E-state index contributed by atoms with van der Waals surface area (Å²) in [7, 11) is 0. The molecular formula is C10H17NO2. The summed E-state index contributed by atoms with van der Waals surface area (Å²) in [4.78, 5) is 13.0. The Bertz CT molecular complexity index is 184. The van der Waals surface area contributed by atoms with Crippen LogP contribution in [0.3, 0.4) is 0 Å². The zero-order valence-electron chi connectivity index (χ0n) is 8.38. The first kappa shape index (κ1) is 12.0. The first-order chi connectivity index (χ1) is 6.26. The van der Waals surface area contributed by atoms with Gasteiger partial charge in [-0.3, -0.25) is 4.79 Å². The smallest absolute Gasteiger partial charge is 0.249 e. The van der Waals surface area contributed by atoms with E-state index in [-0.39, 0.29) is 12.5 Å². The van der Waals surface area contributed by atoms with Crippen LogP contribution in [0.1, 0.15) is 20.3 Å². The molecule has 74 valence electrons. The number of terminal acetylenes is 1. The fourth-order valence-electron chi connectivity index (χ4n) is 0.953. The first-order valence-electron chi connectivity index (χ1n) is 4.55. The lowest BCUT2D eigenvalue weighted by Crippen LogP contribution is -2.35. The highest BCUT2D eigenvalue weighted by molar-refractivity contribution is 5.77. The molecule has 3 heteroatoms. The summed E-state index contributed by atoms with van der Waals surface area (Å²) in [5.41, 5.74) is 0. The molecule has 0 aliphatic heterocycles. The van der Waals surface area contributed by atoms with Crippen LogP contribution in [0.15, 0.2) is 0 Å². The third kappa shape index (κ3) is 5.26. The average molecular weight is 183 g/mol. The van der Waals surface area contributed by atoms with Gasteiger partial charge in [-0.1, -0.05) is 12.8 Å². The molecule has 0 radical (unpaired) electrons. The number of carbonyl (C=O) groups is 1. The maximum Gasteiger partial charge on any atom is 0.249 e. The van der Waals surface area contributed by atoms with Crippen molar-refractivity contribution in [1.82, 2.24) is 4.90 Å². The zero-order chi connectivity index (χ0) is 10.1. The molecule has 0 fully saturated rings. The molecule has 0 aromatic rings. The van der Waals surface area contributed by atoms with Gasteiger partial charge in [-0.2, -0.15) is 0 Å². The minimum Gasteiger partial charge on any atom is -0.372 e. The second-order valence-corrected chi connectivity index (χ2v) is 2.66.